The maximum absolute atomic E-state index is 9.91. The summed E-state index contributed by atoms with van der Waals surface area (Å²) in [5, 5.41) is 13.6. The zero-order valence-corrected chi connectivity index (χ0v) is 13.9. The van der Waals surface area contributed by atoms with Crippen molar-refractivity contribution in [2.45, 2.75) is 83.8 Å². The third-order valence-corrected chi connectivity index (χ3v) is 5.38. The summed E-state index contributed by atoms with van der Waals surface area (Å²) in [5.41, 5.74) is 0.486. The molecule has 0 spiro atoms. The minimum absolute atomic E-state index is 0.0377. The van der Waals surface area contributed by atoms with E-state index in [4.69, 9.17) is 0 Å². The molecule has 3 heteroatoms. The van der Waals surface area contributed by atoms with Crippen molar-refractivity contribution in [1.82, 2.24) is 10.2 Å². The van der Waals surface area contributed by atoms with Crippen LogP contribution in [0.2, 0.25) is 0 Å². The number of rotatable bonds is 4. The number of nitrogens with one attached hydrogen (secondary N) is 1. The Bertz CT molecular complexity index is 306. The Morgan fingerprint density at radius 2 is 1.85 bits per heavy atom. The molecule has 2 atom stereocenters. The summed E-state index contributed by atoms with van der Waals surface area (Å²) in [6.45, 7) is 11.9. The van der Waals surface area contributed by atoms with E-state index in [9.17, 15) is 5.11 Å². The summed E-state index contributed by atoms with van der Waals surface area (Å²) in [5.74, 6) is 0. The molecule has 0 bridgehead atoms. The second kappa shape index (κ2) is 6.33. The van der Waals surface area contributed by atoms with Crippen LogP contribution < -0.4 is 5.32 Å². The minimum Gasteiger partial charge on any atom is -0.394 e. The standard InChI is InChI=1S/C17H34N2O/c1-14(2)18-17(13-20)7-5-6-15(12-17)19-10-8-16(3,4)9-11-19/h14-15,18,20H,5-13H2,1-4H3. The molecule has 0 radical (unpaired) electrons. The number of piperidine rings is 1. The van der Waals surface area contributed by atoms with Crippen LogP contribution in [0.5, 0.6) is 0 Å². The highest BCUT2D eigenvalue weighted by Gasteiger charge is 2.39. The van der Waals surface area contributed by atoms with E-state index in [1.807, 2.05) is 0 Å². The van der Waals surface area contributed by atoms with E-state index >= 15 is 0 Å². The van der Waals surface area contributed by atoms with Gasteiger partial charge in [0, 0.05) is 17.6 Å². The van der Waals surface area contributed by atoms with Crippen molar-refractivity contribution in [2.75, 3.05) is 19.7 Å². The van der Waals surface area contributed by atoms with E-state index in [2.05, 4.69) is 37.9 Å². The number of aliphatic hydroxyl groups is 1. The molecule has 0 aromatic carbocycles. The first-order chi connectivity index (χ1) is 9.36. The first-order valence-electron chi connectivity index (χ1n) is 8.48. The van der Waals surface area contributed by atoms with Crippen molar-refractivity contribution in [3.63, 3.8) is 0 Å². The summed E-state index contributed by atoms with van der Waals surface area (Å²) >= 11 is 0. The van der Waals surface area contributed by atoms with Gasteiger partial charge in [0.25, 0.3) is 0 Å². The number of likely N-dealkylation sites (tertiary alicyclic amines) is 1. The Labute approximate surface area is 125 Å². The van der Waals surface area contributed by atoms with Gasteiger partial charge in [0.05, 0.1) is 6.61 Å². The Kier molecular flexibility index (Phi) is 5.14. The second-order valence-electron chi connectivity index (χ2n) is 8.19. The van der Waals surface area contributed by atoms with Gasteiger partial charge < -0.3 is 15.3 Å². The van der Waals surface area contributed by atoms with Gasteiger partial charge >= 0.3 is 0 Å². The molecule has 1 aliphatic carbocycles. The molecule has 2 rings (SSSR count). The second-order valence-corrected chi connectivity index (χ2v) is 8.19. The monoisotopic (exact) mass is 282 g/mol. The third-order valence-electron chi connectivity index (χ3n) is 5.38. The Balaban J connectivity index is 1.96. The molecular weight excluding hydrogens is 248 g/mol. The summed E-state index contributed by atoms with van der Waals surface area (Å²) in [6.07, 6.45) is 7.41. The summed E-state index contributed by atoms with van der Waals surface area (Å²) < 4.78 is 0. The van der Waals surface area contributed by atoms with Crippen LogP contribution in [0.4, 0.5) is 0 Å². The molecule has 2 aliphatic rings. The highest BCUT2D eigenvalue weighted by Crippen LogP contribution is 2.36. The van der Waals surface area contributed by atoms with Crippen molar-refractivity contribution in [2.24, 2.45) is 5.41 Å². The summed E-state index contributed by atoms with van der Waals surface area (Å²) in [4.78, 5) is 2.69. The van der Waals surface area contributed by atoms with Crippen LogP contribution in [0.15, 0.2) is 0 Å². The molecule has 2 unspecified atom stereocenters. The molecule has 0 aromatic heterocycles. The van der Waals surface area contributed by atoms with Gasteiger partial charge in [-0.3, -0.25) is 0 Å². The fraction of sp³-hybridized carbons (Fsp3) is 1.00. The number of aliphatic hydroxyl groups excluding tert-OH is 1. The van der Waals surface area contributed by atoms with E-state index in [1.54, 1.807) is 0 Å². The SMILES string of the molecule is CC(C)NC1(CO)CCCC(N2CCC(C)(C)CC2)C1. The molecule has 1 heterocycles. The van der Waals surface area contributed by atoms with E-state index in [1.165, 1.54) is 38.8 Å². The van der Waals surface area contributed by atoms with E-state index in [0.29, 0.717) is 17.5 Å². The molecule has 118 valence electrons. The van der Waals surface area contributed by atoms with Crippen LogP contribution in [-0.2, 0) is 0 Å². The van der Waals surface area contributed by atoms with Crippen molar-refractivity contribution in [3.8, 4) is 0 Å². The number of nitrogens with zero attached hydrogens (tertiary/aromatic N) is 1. The predicted molar refractivity (Wildman–Crippen MR) is 84.9 cm³/mol. The largest absolute Gasteiger partial charge is 0.394 e. The van der Waals surface area contributed by atoms with Crippen molar-refractivity contribution < 1.29 is 5.11 Å². The molecular formula is C17H34N2O. The van der Waals surface area contributed by atoms with Gasteiger partial charge in [0.2, 0.25) is 0 Å². The molecule has 2 N–H and O–H groups in total. The van der Waals surface area contributed by atoms with Gasteiger partial charge in [-0.25, -0.2) is 0 Å². The Morgan fingerprint density at radius 1 is 1.20 bits per heavy atom. The lowest BCUT2D eigenvalue weighted by molar-refractivity contribution is 0.0271. The lowest BCUT2D eigenvalue weighted by atomic mass is 9.76. The maximum Gasteiger partial charge on any atom is 0.0613 e. The highest BCUT2D eigenvalue weighted by atomic mass is 16.3. The Hall–Kier alpha value is -0.120. The normalized spacial score (nSPS) is 35.4. The zero-order chi connectivity index (χ0) is 14.8. The van der Waals surface area contributed by atoms with Crippen molar-refractivity contribution in [1.29, 1.82) is 0 Å². The Morgan fingerprint density at radius 3 is 2.40 bits per heavy atom. The number of hydrogen-bond donors (Lipinski definition) is 2. The van der Waals surface area contributed by atoms with Crippen LogP contribution in [0.25, 0.3) is 0 Å². The van der Waals surface area contributed by atoms with Gasteiger partial charge in [-0.05, 0) is 57.0 Å². The molecule has 1 saturated heterocycles. The number of hydrogen-bond acceptors (Lipinski definition) is 3. The first-order valence-corrected chi connectivity index (χ1v) is 8.48. The average molecular weight is 282 g/mol. The topological polar surface area (TPSA) is 35.5 Å². The predicted octanol–water partition coefficient (Wildman–Crippen LogP) is 2.78. The molecule has 1 aliphatic heterocycles. The molecule has 2 fully saturated rings. The maximum atomic E-state index is 9.91. The molecule has 0 aromatic rings. The van der Waals surface area contributed by atoms with E-state index < -0.39 is 0 Å². The quantitative estimate of drug-likeness (QED) is 0.832. The molecule has 0 amide bonds. The van der Waals surface area contributed by atoms with Crippen LogP contribution in [0, 0.1) is 5.41 Å². The van der Waals surface area contributed by atoms with Crippen LogP contribution >= 0.6 is 0 Å². The first kappa shape index (κ1) is 16.3. The fourth-order valence-corrected chi connectivity index (χ4v) is 4.07. The summed E-state index contributed by atoms with van der Waals surface area (Å²) in [6, 6.07) is 1.11. The summed E-state index contributed by atoms with van der Waals surface area (Å²) in [7, 11) is 0. The van der Waals surface area contributed by atoms with Crippen molar-refractivity contribution in [3.05, 3.63) is 0 Å². The van der Waals surface area contributed by atoms with Crippen molar-refractivity contribution >= 4 is 0 Å². The van der Waals surface area contributed by atoms with Gasteiger partial charge in [-0.1, -0.05) is 27.7 Å². The van der Waals surface area contributed by atoms with E-state index in [-0.39, 0.29) is 12.1 Å². The van der Waals surface area contributed by atoms with Gasteiger partial charge in [0.1, 0.15) is 0 Å². The molecule has 20 heavy (non-hydrogen) atoms. The van der Waals surface area contributed by atoms with Gasteiger partial charge in [0.15, 0.2) is 0 Å². The van der Waals surface area contributed by atoms with Gasteiger partial charge in [-0.15, -0.1) is 0 Å². The smallest absolute Gasteiger partial charge is 0.0613 e. The average Bonchev–Trinajstić information content (AvgIpc) is 2.38. The lowest BCUT2D eigenvalue weighted by Crippen LogP contribution is -2.58. The van der Waals surface area contributed by atoms with Crippen LogP contribution in [-0.4, -0.2) is 47.3 Å². The highest BCUT2D eigenvalue weighted by molar-refractivity contribution is 4.98. The zero-order valence-electron chi connectivity index (χ0n) is 13.9. The van der Waals surface area contributed by atoms with Crippen LogP contribution in [0.3, 0.4) is 0 Å². The minimum atomic E-state index is -0.0377. The lowest BCUT2D eigenvalue weighted by Gasteiger charge is -2.48. The van der Waals surface area contributed by atoms with Crippen LogP contribution in [0.1, 0.15) is 66.2 Å². The molecule has 3 nitrogen and oxygen atoms in total. The van der Waals surface area contributed by atoms with Gasteiger partial charge in [-0.2, -0.15) is 0 Å². The van der Waals surface area contributed by atoms with E-state index in [0.717, 1.165) is 12.8 Å². The fourth-order valence-electron chi connectivity index (χ4n) is 4.07. The third kappa shape index (κ3) is 3.96. The molecule has 1 saturated carbocycles.